The Balaban J connectivity index is 1.99. The molecule has 0 radical (unpaired) electrons. The first kappa shape index (κ1) is 13.1. The number of esters is 1. The second-order valence-electron chi connectivity index (χ2n) is 4.16. The van der Waals surface area contributed by atoms with Crippen LogP contribution in [0.15, 0.2) is 43.0 Å². The van der Waals surface area contributed by atoms with Gasteiger partial charge in [0.2, 0.25) is 0 Å². The molecule has 1 aliphatic heterocycles. The summed E-state index contributed by atoms with van der Waals surface area (Å²) in [5.41, 5.74) is 0.880. The summed E-state index contributed by atoms with van der Waals surface area (Å²) < 4.78 is 10.1. The molecule has 1 heterocycles. The van der Waals surface area contributed by atoms with Gasteiger partial charge in [0, 0.05) is 0 Å². The fourth-order valence-electron chi connectivity index (χ4n) is 1.90. The third-order valence-corrected chi connectivity index (χ3v) is 2.86. The normalized spacial score (nSPS) is 21.9. The minimum absolute atomic E-state index is 0.154. The van der Waals surface area contributed by atoms with Crippen molar-refractivity contribution in [3.8, 4) is 0 Å². The lowest BCUT2D eigenvalue weighted by atomic mass is 10.2. The number of carbonyl (C=O) groups is 2. The number of benzene rings is 1. The van der Waals surface area contributed by atoms with Gasteiger partial charge in [-0.1, -0.05) is 36.4 Å². The number of rotatable bonds is 3. The van der Waals surface area contributed by atoms with E-state index in [9.17, 15) is 9.59 Å². The molecule has 1 fully saturated rings. The van der Waals surface area contributed by atoms with Crippen LogP contribution < -0.4 is 0 Å². The Morgan fingerprint density at radius 3 is 2.79 bits per heavy atom. The molecule has 5 heteroatoms. The van der Waals surface area contributed by atoms with Gasteiger partial charge >= 0.3 is 12.1 Å². The first-order chi connectivity index (χ1) is 9.13. The first-order valence-corrected chi connectivity index (χ1v) is 5.95. The SMILES string of the molecule is C=CC1C(=O)OC(C)N1C(=O)OCc1ccccc1. The molecule has 2 atom stereocenters. The molecule has 0 spiro atoms. The minimum atomic E-state index is -0.779. The first-order valence-electron chi connectivity index (χ1n) is 5.95. The van der Waals surface area contributed by atoms with Crippen LogP contribution in [0, 0.1) is 0 Å². The number of ether oxygens (including phenoxy) is 2. The van der Waals surface area contributed by atoms with E-state index in [2.05, 4.69) is 6.58 Å². The molecular formula is C14H15NO4. The molecule has 2 unspecified atom stereocenters. The van der Waals surface area contributed by atoms with Gasteiger partial charge in [0.25, 0.3) is 0 Å². The Labute approximate surface area is 111 Å². The van der Waals surface area contributed by atoms with Crippen molar-refractivity contribution < 1.29 is 19.1 Å². The second kappa shape index (κ2) is 5.56. The smallest absolute Gasteiger partial charge is 0.414 e. The minimum Gasteiger partial charge on any atom is -0.444 e. The highest BCUT2D eigenvalue weighted by molar-refractivity contribution is 5.86. The van der Waals surface area contributed by atoms with E-state index in [1.54, 1.807) is 6.92 Å². The zero-order valence-electron chi connectivity index (χ0n) is 10.6. The molecule has 0 bridgehead atoms. The summed E-state index contributed by atoms with van der Waals surface area (Å²) in [6, 6.07) is 8.54. The number of nitrogens with zero attached hydrogens (tertiary/aromatic N) is 1. The number of hydrogen-bond acceptors (Lipinski definition) is 4. The molecular weight excluding hydrogens is 246 g/mol. The largest absolute Gasteiger partial charge is 0.444 e. The van der Waals surface area contributed by atoms with E-state index in [1.165, 1.54) is 11.0 Å². The summed E-state index contributed by atoms with van der Waals surface area (Å²) in [5.74, 6) is -0.487. The maximum absolute atomic E-state index is 12.0. The van der Waals surface area contributed by atoms with Crippen LogP contribution in [0.5, 0.6) is 0 Å². The molecule has 0 saturated carbocycles. The highest BCUT2D eigenvalue weighted by Crippen LogP contribution is 2.20. The van der Waals surface area contributed by atoms with Crippen molar-refractivity contribution in [3.63, 3.8) is 0 Å². The lowest BCUT2D eigenvalue weighted by Crippen LogP contribution is -2.40. The summed E-state index contributed by atoms with van der Waals surface area (Å²) >= 11 is 0. The van der Waals surface area contributed by atoms with Crippen LogP contribution in [-0.4, -0.2) is 29.2 Å². The molecule has 1 aromatic carbocycles. The lowest BCUT2D eigenvalue weighted by molar-refractivity contribution is -0.141. The van der Waals surface area contributed by atoms with Crippen molar-refractivity contribution in [2.45, 2.75) is 25.8 Å². The molecule has 0 aliphatic carbocycles. The lowest BCUT2D eigenvalue weighted by Gasteiger charge is -2.21. The van der Waals surface area contributed by atoms with Crippen molar-refractivity contribution in [1.82, 2.24) is 4.90 Å². The average molecular weight is 261 g/mol. The zero-order valence-corrected chi connectivity index (χ0v) is 10.6. The summed E-state index contributed by atoms with van der Waals surface area (Å²) in [5, 5.41) is 0. The molecule has 1 saturated heterocycles. The molecule has 100 valence electrons. The third kappa shape index (κ3) is 2.76. The van der Waals surface area contributed by atoms with Gasteiger partial charge in [-0.3, -0.25) is 4.90 Å². The highest BCUT2D eigenvalue weighted by atomic mass is 16.6. The number of cyclic esters (lactones) is 1. The Bertz CT molecular complexity index is 485. The molecule has 1 aromatic rings. The van der Waals surface area contributed by atoms with Gasteiger partial charge in [-0.15, -0.1) is 6.58 Å². The Morgan fingerprint density at radius 1 is 1.47 bits per heavy atom. The standard InChI is InChI=1S/C14H15NO4/c1-3-12-13(16)19-10(2)15(12)14(17)18-9-11-7-5-4-6-8-11/h3-8,10,12H,1,9H2,2H3. The summed E-state index contributed by atoms with van der Waals surface area (Å²) in [6.07, 6.45) is 0.140. The molecule has 19 heavy (non-hydrogen) atoms. The van der Waals surface area contributed by atoms with Crippen molar-refractivity contribution in [2.24, 2.45) is 0 Å². The summed E-state index contributed by atoms with van der Waals surface area (Å²) in [7, 11) is 0. The van der Waals surface area contributed by atoms with E-state index in [1.807, 2.05) is 30.3 Å². The molecule has 1 amide bonds. The molecule has 5 nitrogen and oxygen atoms in total. The average Bonchev–Trinajstić information content (AvgIpc) is 2.71. The van der Waals surface area contributed by atoms with Gasteiger partial charge in [-0.2, -0.15) is 0 Å². The van der Waals surface area contributed by atoms with Crippen LogP contribution >= 0.6 is 0 Å². The number of amides is 1. The van der Waals surface area contributed by atoms with E-state index < -0.39 is 24.3 Å². The predicted molar refractivity (Wildman–Crippen MR) is 68.0 cm³/mol. The van der Waals surface area contributed by atoms with Gasteiger partial charge in [0.15, 0.2) is 12.3 Å². The molecule has 0 N–H and O–H groups in total. The topological polar surface area (TPSA) is 55.8 Å². The van der Waals surface area contributed by atoms with Crippen LogP contribution in [0.2, 0.25) is 0 Å². The van der Waals surface area contributed by atoms with Crippen molar-refractivity contribution >= 4 is 12.1 Å². The van der Waals surface area contributed by atoms with E-state index in [4.69, 9.17) is 9.47 Å². The fraction of sp³-hybridized carbons (Fsp3) is 0.286. The molecule has 0 aromatic heterocycles. The number of hydrogen-bond donors (Lipinski definition) is 0. The van der Waals surface area contributed by atoms with E-state index in [0.717, 1.165) is 5.56 Å². The zero-order chi connectivity index (χ0) is 13.8. The maximum Gasteiger partial charge on any atom is 0.414 e. The van der Waals surface area contributed by atoms with Crippen molar-refractivity contribution in [1.29, 1.82) is 0 Å². The quantitative estimate of drug-likeness (QED) is 0.617. The highest BCUT2D eigenvalue weighted by Gasteiger charge is 2.42. The van der Waals surface area contributed by atoms with Gasteiger partial charge in [-0.25, -0.2) is 9.59 Å². The Kier molecular flexibility index (Phi) is 3.85. The van der Waals surface area contributed by atoms with Crippen LogP contribution in [0.3, 0.4) is 0 Å². The van der Waals surface area contributed by atoms with Gasteiger partial charge in [0.1, 0.15) is 6.61 Å². The van der Waals surface area contributed by atoms with Crippen LogP contribution in [0.1, 0.15) is 12.5 Å². The Morgan fingerprint density at radius 2 is 2.16 bits per heavy atom. The van der Waals surface area contributed by atoms with Crippen LogP contribution in [0.4, 0.5) is 4.79 Å². The maximum atomic E-state index is 12.0. The predicted octanol–water partition coefficient (Wildman–Crippen LogP) is 2.08. The van der Waals surface area contributed by atoms with Gasteiger partial charge in [-0.05, 0) is 12.5 Å². The Hall–Kier alpha value is -2.30. The van der Waals surface area contributed by atoms with E-state index in [0.29, 0.717) is 0 Å². The summed E-state index contributed by atoms with van der Waals surface area (Å²) in [6.45, 7) is 5.30. The van der Waals surface area contributed by atoms with Gasteiger partial charge in [0.05, 0.1) is 0 Å². The summed E-state index contributed by atoms with van der Waals surface area (Å²) in [4.78, 5) is 24.7. The fourth-order valence-corrected chi connectivity index (χ4v) is 1.90. The van der Waals surface area contributed by atoms with E-state index in [-0.39, 0.29) is 6.61 Å². The van der Waals surface area contributed by atoms with Crippen molar-refractivity contribution in [3.05, 3.63) is 48.6 Å². The monoisotopic (exact) mass is 261 g/mol. The molecule has 1 aliphatic rings. The molecule has 2 rings (SSSR count). The van der Waals surface area contributed by atoms with Crippen molar-refractivity contribution in [2.75, 3.05) is 0 Å². The van der Waals surface area contributed by atoms with Crippen LogP contribution in [0.25, 0.3) is 0 Å². The second-order valence-corrected chi connectivity index (χ2v) is 4.16. The van der Waals surface area contributed by atoms with Crippen LogP contribution in [-0.2, 0) is 20.9 Å². The van der Waals surface area contributed by atoms with E-state index >= 15 is 0 Å². The van der Waals surface area contributed by atoms with Gasteiger partial charge < -0.3 is 9.47 Å². The third-order valence-electron chi connectivity index (χ3n) is 2.86. The number of carbonyl (C=O) groups excluding carboxylic acids is 2.